The van der Waals surface area contributed by atoms with Crippen LogP contribution in [0, 0.1) is 17.8 Å². The number of carbonyl (C=O) groups is 1. The summed E-state index contributed by atoms with van der Waals surface area (Å²) in [5.41, 5.74) is -0.406. The van der Waals surface area contributed by atoms with E-state index in [1.807, 2.05) is 18.7 Å². The van der Waals surface area contributed by atoms with Crippen LogP contribution in [0.4, 0.5) is 0 Å². The molecule has 2 fully saturated rings. The van der Waals surface area contributed by atoms with Crippen LogP contribution in [-0.4, -0.2) is 53.3 Å². The van der Waals surface area contributed by atoms with Crippen molar-refractivity contribution in [2.24, 2.45) is 22.7 Å². The molecule has 0 unspecified atom stereocenters. The van der Waals surface area contributed by atoms with E-state index in [1.165, 1.54) is 13.0 Å². The van der Waals surface area contributed by atoms with Crippen molar-refractivity contribution >= 4 is 11.7 Å². The Kier molecular flexibility index (Phi) is 3.39. The fourth-order valence-corrected chi connectivity index (χ4v) is 4.60. The summed E-state index contributed by atoms with van der Waals surface area (Å²) in [5.74, 6) is 3.02. The highest BCUT2D eigenvalue weighted by atomic mass is 16.2. The third-order valence-corrected chi connectivity index (χ3v) is 5.33. The molecule has 0 aromatic rings. The minimum absolute atomic E-state index is 0.274. The van der Waals surface area contributed by atoms with Crippen LogP contribution < -0.4 is 0 Å². The second-order valence-electron chi connectivity index (χ2n) is 7.15. The van der Waals surface area contributed by atoms with Crippen molar-refractivity contribution < 1.29 is 4.79 Å². The quantitative estimate of drug-likeness (QED) is 0.791. The van der Waals surface area contributed by atoms with E-state index in [0.717, 1.165) is 31.9 Å². The summed E-state index contributed by atoms with van der Waals surface area (Å²) in [6.45, 7) is 12.7. The van der Waals surface area contributed by atoms with E-state index in [-0.39, 0.29) is 5.91 Å². The highest BCUT2D eigenvalue weighted by Crippen LogP contribution is 2.50. The molecule has 112 valence electrons. The van der Waals surface area contributed by atoms with E-state index in [4.69, 9.17) is 4.99 Å². The molecule has 3 aliphatic rings. The molecule has 1 saturated carbocycles. The van der Waals surface area contributed by atoms with Gasteiger partial charge in [-0.15, -0.1) is 0 Å². The summed E-state index contributed by atoms with van der Waals surface area (Å²) < 4.78 is 0. The molecular formula is C16H27N3O. The Labute approximate surface area is 122 Å². The molecule has 0 aromatic carbocycles. The van der Waals surface area contributed by atoms with Gasteiger partial charge in [-0.05, 0) is 38.5 Å². The number of likely N-dealkylation sites (N-methyl/N-ethyl adjacent to an activating group) is 1. The lowest BCUT2D eigenvalue weighted by Gasteiger charge is -2.28. The van der Waals surface area contributed by atoms with Crippen LogP contribution in [0.5, 0.6) is 0 Å². The first kappa shape index (κ1) is 14.1. The Morgan fingerprint density at radius 3 is 2.75 bits per heavy atom. The normalized spacial score (nSPS) is 37.4. The van der Waals surface area contributed by atoms with Gasteiger partial charge in [-0.3, -0.25) is 14.7 Å². The van der Waals surface area contributed by atoms with Crippen LogP contribution in [0.1, 0.15) is 40.5 Å². The van der Waals surface area contributed by atoms with Crippen molar-refractivity contribution in [3.05, 3.63) is 0 Å². The van der Waals surface area contributed by atoms with E-state index in [2.05, 4.69) is 18.7 Å². The smallest absolute Gasteiger partial charge is 0.256 e. The maximum absolute atomic E-state index is 12.8. The van der Waals surface area contributed by atoms with Crippen LogP contribution >= 0.6 is 0 Å². The lowest BCUT2D eigenvalue weighted by molar-refractivity contribution is -0.132. The predicted molar refractivity (Wildman–Crippen MR) is 80.7 cm³/mol. The number of aliphatic imine (C=N–C) groups is 1. The Hall–Kier alpha value is -0.900. The van der Waals surface area contributed by atoms with Crippen LogP contribution in [0.15, 0.2) is 4.99 Å². The molecule has 0 bridgehead atoms. The molecule has 3 rings (SSSR count). The summed E-state index contributed by atoms with van der Waals surface area (Å²) in [4.78, 5) is 22.1. The van der Waals surface area contributed by atoms with E-state index < -0.39 is 5.54 Å². The number of rotatable bonds is 3. The molecule has 1 aliphatic carbocycles. The van der Waals surface area contributed by atoms with Gasteiger partial charge in [-0.1, -0.05) is 13.8 Å². The molecular weight excluding hydrogens is 250 g/mol. The van der Waals surface area contributed by atoms with E-state index in [9.17, 15) is 4.79 Å². The highest BCUT2D eigenvalue weighted by molar-refractivity contribution is 6.07. The number of amidine groups is 1. The molecule has 3 atom stereocenters. The van der Waals surface area contributed by atoms with Gasteiger partial charge >= 0.3 is 0 Å². The Bertz CT molecular complexity index is 445. The van der Waals surface area contributed by atoms with Crippen molar-refractivity contribution in [1.29, 1.82) is 0 Å². The summed E-state index contributed by atoms with van der Waals surface area (Å²) in [5, 5.41) is 0. The first-order valence-electron chi connectivity index (χ1n) is 8.08. The third kappa shape index (κ3) is 1.92. The predicted octanol–water partition coefficient (Wildman–Crippen LogP) is 2.00. The lowest BCUT2D eigenvalue weighted by Crippen LogP contribution is -2.46. The first-order valence-corrected chi connectivity index (χ1v) is 8.08. The lowest BCUT2D eigenvalue weighted by atomic mass is 9.85. The van der Waals surface area contributed by atoms with Gasteiger partial charge in [0.25, 0.3) is 5.91 Å². The molecule has 2 heterocycles. The SMILES string of the molecule is CCN1C(=O)[C@]2(CC[C@@H]3CN(CC(C)C)C[C@@H]32)N=C1C. The fraction of sp³-hybridized carbons (Fsp3) is 0.875. The fourth-order valence-electron chi connectivity index (χ4n) is 4.60. The van der Waals surface area contributed by atoms with Crippen molar-refractivity contribution in [3.8, 4) is 0 Å². The molecule has 1 amide bonds. The van der Waals surface area contributed by atoms with Gasteiger partial charge in [0.2, 0.25) is 0 Å². The van der Waals surface area contributed by atoms with Gasteiger partial charge in [0.05, 0.1) is 0 Å². The average Bonchev–Trinajstić information content (AvgIpc) is 2.96. The number of fused-ring (bicyclic) bond motifs is 2. The van der Waals surface area contributed by atoms with E-state index in [1.54, 1.807) is 0 Å². The van der Waals surface area contributed by atoms with Gasteiger partial charge in [-0.25, -0.2) is 0 Å². The monoisotopic (exact) mass is 277 g/mol. The molecule has 4 nitrogen and oxygen atoms in total. The zero-order valence-corrected chi connectivity index (χ0v) is 13.2. The Balaban J connectivity index is 1.82. The standard InChI is InChI=1S/C16H27N3O/c1-5-19-12(4)17-16(15(19)20)7-6-13-9-18(8-11(2)3)10-14(13)16/h11,13-14H,5-10H2,1-4H3/t13-,14+,16-/m1/s1. The number of hydrogen-bond donors (Lipinski definition) is 0. The number of amides is 1. The average molecular weight is 277 g/mol. The van der Waals surface area contributed by atoms with Crippen molar-refractivity contribution in [3.63, 3.8) is 0 Å². The second kappa shape index (κ2) is 4.83. The number of hydrogen-bond acceptors (Lipinski definition) is 3. The molecule has 20 heavy (non-hydrogen) atoms. The zero-order chi connectivity index (χ0) is 14.5. The second-order valence-corrected chi connectivity index (χ2v) is 7.15. The maximum atomic E-state index is 12.8. The van der Waals surface area contributed by atoms with Crippen molar-refractivity contribution in [1.82, 2.24) is 9.80 Å². The number of likely N-dealkylation sites (tertiary alicyclic amines) is 1. The maximum Gasteiger partial charge on any atom is 0.256 e. The molecule has 0 N–H and O–H groups in total. The third-order valence-electron chi connectivity index (χ3n) is 5.33. The minimum Gasteiger partial charge on any atom is -0.302 e. The minimum atomic E-state index is -0.406. The summed E-state index contributed by atoms with van der Waals surface area (Å²) >= 11 is 0. The van der Waals surface area contributed by atoms with Crippen LogP contribution in [0.25, 0.3) is 0 Å². The van der Waals surface area contributed by atoms with Crippen LogP contribution in [-0.2, 0) is 4.79 Å². The molecule has 0 aromatic heterocycles. The molecule has 4 heteroatoms. The van der Waals surface area contributed by atoms with Gasteiger partial charge in [0.15, 0.2) is 0 Å². The summed E-state index contributed by atoms with van der Waals surface area (Å²) in [6, 6.07) is 0. The number of nitrogens with zero attached hydrogens (tertiary/aromatic N) is 3. The van der Waals surface area contributed by atoms with Crippen LogP contribution in [0.3, 0.4) is 0 Å². The summed E-state index contributed by atoms with van der Waals surface area (Å²) in [6.07, 6.45) is 2.13. The van der Waals surface area contributed by atoms with E-state index in [0.29, 0.717) is 17.8 Å². The van der Waals surface area contributed by atoms with Gasteiger partial charge in [0.1, 0.15) is 11.4 Å². The summed E-state index contributed by atoms with van der Waals surface area (Å²) in [7, 11) is 0. The topological polar surface area (TPSA) is 35.9 Å². The molecule has 2 aliphatic heterocycles. The molecule has 1 spiro atoms. The van der Waals surface area contributed by atoms with Crippen molar-refractivity contribution in [2.75, 3.05) is 26.2 Å². The highest BCUT2D eigenvalue weighted by Gasteiger charge is 2.60. The van der Waals surface area contributed by atoms with Gasteiger partial charge in [0, 0.05) is 32.1 Å². The number of carbonyl (C=O) groups excluding carboxylic acids is 1. The van der Waals surface area contributed by atoms with Crippen molar-refractivity contribution in [2.45, 2.75) is 46.1 Å². The van der Waals surface area contributed by atoms with Crippen LogP contribution in [0.2, 0.25) is 0 Å². The first-order chi connectivity index (χ1) is 9.48. The largest absolute Gasteiger partial charge is 0.302 e. The van der Waals surface area contributed by atoms with Gasteiger partial charge < -0.3 is 4.90 Å². The Morgan fingerprint density at radius 1 is 1.40 bits per heavy atom. The molecule has 1 saturated heterocycles. The van der Waals surface area contributed by atoms with Gasteiger partial charge in [-0.2, -0.15) is 0 Å². The molecule has 0 radical (unpaired) electrons. The zero-order valence-electron chi connectivity index (χ0n) is 13.2. The van der Waals surface area contributed by atoms with E-state index >= 15 is 0 Å². The Morgan fingerprint density at radius 2 is 2.15 bits per heavy atom.